The third kappa shape index (κ3) is 23.3. The van der Waals surface area contributed by atoms with Gasteiger partial charge < -0.3 is 74.4 Å². The van der Waals surface area contributed by atoms with Gasteiger partial charge in [0.15, 0.2) is 0 Å². The van der Waals surface area contributed by atoms with E-state index in [1.54, 1.807) is 95.3 Å². The van der Waals surface area contributed by atoms with Gasteiger partial charge in [0.1, 0.15) is 54.1 Å². The van der Waals surface area contributed by atoms with Gasteiger partial charge in [0.05, 0.1) is 12.6 Å². The fourth-order valence-corrected chi connectivity index (χ4v) is 8.50. The van der Waals surface area contributed by atoms with Gasteiger partial charge in [-0.2, -0.15) is 0 Å². The highest BCUT2D eigenvalue weighted by Crippen LogP contribution is 2.16. The molecule has 0 saturated heterocycles. The van der Waals surface area contributed by atoms with Gasteiger partial charge in [0, 0.05) is 19.3 Å². The first-order chi connectivity index (χ1) is 38.5. The first-order valence-corrected chi connectivity index (χ1v) is 27.3. The van der Waals surface area contributed by atoms with Crippen LogP contribution < -0.4 is 54.0 Å². The number of phenolic OH excluding ortho intramolecular Hbond substituents is 1. The van der Waals surface area contributed by atoms with Crippen molar-refractivity contribution in [2.24, 2.45) is 23.3 Å². The summed E-state index contributed by atoms with van der Waals surface area (Å²) in [4.78, 5) is 136. The van der Waals surface area contributed by atoms with Crippen LogP contribution in [0.25, 0.3) is 0 Å². The van der Waals surface area contributed by atoms with E-state index in [4.69, 9.17) is 11.5 Å². The lowest BCUT2D eigenvalue weighted by Crippen LogP contribution is -2.62. The van der Waals surface area contributed by atoms with Crippen LogP contribution in [0.15, 0.2) is 84.9 Å². The number of carbonyl (C=O) groups is 10. The molecule has 0 aliphatic heterocycles. The lowest BCUT2D eigenvalue weighted by atomic mass is 9.96. The predicted octanol–water partition coefficient (Wildman–Crippen LogP) is 0.199. The zero-order chi connectivity index (χ0) is 60.2. The summed E-state index contributed by atoms with van der Waals surface area (Å²) in [5.41, 5.74) is 13.8. The lowest BCUT2D eigenvalue weighted by molar-refractivity contribution is -0.142. The standard InChI is InChI=1S/C57H82N10O14/c1-6-16-42(57(80)81)62-52(75)43(31-37-22-24-38(69)25-23-37)63-53(76)44(30-36-19-12-9-13-20-36)64-56(79)48(34(5)7-2)67-51(74)40(21-14-15-28-58)60-50(73)41(26-27-46(70)71)61-54(77)45(32-68)65-55(78)47(33(3)4)66-49(72)39(59)29-35-17-10-8-11-18-35/h8-13,17-20,22-25,33-34,39-45,47-48,68-69H,6-7,14-16,21,26-32,58-59H2,1-5H3,(H,60,73)(H,61,77)(H,62,75)(H,63,76)(H,64,79)(H,65,78)(H,66,72)(H,67,74)(H,70,71)(H,80,81)/t34-,39-,40-,41-,42-,43-,44-,45-,47-,48-/m0/s1. The molecule has 0 unspecified atom stereocenters. The number of phenols is 1. The van der Waals surface area contributed by atoms with Crippen molar-refractivity contribution in [1.29, 1.82) is 0 Å². The number of hydrogen-bond donors (Lipinski definition) is 14. The first-order valence-electron chi connectivity index (χ1n) is 27.3. The van der Waals surface area contributed by atoms with E-state index < -0.39 is 145 Å². The number of benzene rings is 3. The minimum Gasteiger partial charge on any atom is -0.508 e. The molecule has 0 heterocycles. The average Bonchev–Trinajstić information content (AvgIpc) is 3.43. The Bertz CT molecular complexity index is 2540. The van der Waals surface area contributed by atoms with Crippen LogP contribution in [0.2, 0.25) is 0 Å². The van der Waals surface area contributed by atoms with Gasteiger partial charge in [0.2, 0.25) is 47.3 Å². The van der Waals surface area contributed by atoms with Crippen molar-refractivity contribution in [3.63, 3.8) is 0 Å². The molecule has 24 heteroatoms. The van der Waals surface area contributed by atoms with Crippen LogP contribution in [-0.4, -0.2) is 147 Å². The SMILES string of the molecule is CCC[C@H](NC(=O)[C@H](Cc1ccc(O)cc1)NC(=O)[C@H](Cc1ccccc1)NC(=O)[C@@H](NC(=O)[C@H](CCCCN)NC(=O)[C@H](CCC(=O)O)NC(=O)[C@H](CO)NC(=O)[C@@H](NC(=O)[C@@H](N)Cc1ccccc1)C(C)C)[C@@H](C)CC)C(=O)O. The fraction of sp³-hybridized carbons (Fsp3) is 0.509. The highest BCUT2D eigenvalue weighted by molar-refractivity contribution is 5.98. The third-order valence-corrected chi connectivity index (χ3v) is 13.5. The van der Waals surface area contributed by atoms with Crippen molar-refractivity contribution in [2.45, 2.75) is 160 Å². The number of hydrogen-bond acceptors (Lipinski definition) is 14. The largest absolute Gasteiger partial charge is 0.508 e. The Morgan fingerprint density at radius 1 is 0.481 bits per heavy atom. The topological polar surface area (TPSA) is 400 Å². The Balaban J connectivity index is 1.90. The highest BCUT2D eigenvalue weighted by Gasteiger charge is 2.37. The van der Waals surface area contributed by atoms with Crippen LogP contribution in [0.4, 0.5) is 0 Å². The quantitative estimate of drug-likeness (QED) is 0.0346. The Morgan fingerprint density at radius 3 is 1.41 bits per heavy atom. The van der Waals surface area contributed by atoms with Crippen molar-refractivity contribution >= 4 is 59.2 Å². The molecule has 0 radical (unpaired) electrons. The van der Waals surface area contributed by atoms with Gasteiger partial charge in [-0.3, -0.25) is 43.2 Å². The van der Waals surface area contributed by atoms with Crippen LogP contribution in [0.5, 0.6) is 5.75 Å². The monoisotopic (exact) mass is 1130 g/mol. The van der Waals surface area contributed by atoms with E-state index in [0.717, 1.165) is 5.56 Å². The lowest BCUT2D eigenvalue weighted by Gasteiger charge is -2.30. The van der Waals surface area contributed by atoms with Crippen LogP contribution >= 0.6 is 0 Å². The zero-order valence-corrected chi connectivity index (χ0v) is 46.7. The number of amides is 8. The molecule has 3 aromatic carbocycles. The van der Waals surface area contributed by atoms with Crippen molar-refractivity contribution in [3.05, 3.63) is 102 Å². The molecule has 10 atom stereocenters. The number of carboxylic acid groups (broad SMARTS) is 2. The van der Waals surface area contributed by atoms with E-state index in [1.165, 1.54) is 24.3 Å². The molecular formula is C57H82N10O14. The van der Waals surface area contributed by atoms with E-state index in [2.05, 4.69) is 42.5 Å². The number of carboxylic acids is 2. The van der Waals surface area contributed by atoms with Gasteiger partial charge >= 0.3 is 11.9 Å². The minimum absolute atomic E-state index is 0.0552. The molecule has 0 aliphatic rings. The molecule has 0 bridgehead atoms. The summed E-state index contributed by atoms with van der Waals surface area (Å²) >= 11 is 0. The maximum atomic E-state index is 14.5. The number of aliphatic hydroxyl groups is 1. The Labute approximate surface area is 472 Å². The number of aliphatic carboxylic acids is 2. The number of rotatable bonds is 36. The molecule has 8 amide bonds. The second-order valence-electron chi connectivity index (χ2n) is 20.4. The van der Waals surface area contributed by atoms with E-state index in [-0.39, 0.29) is 50.8 Å². The summed E-state index contributed by atoms with van der Waals surface area (Å²) in [5.74, 6) is -10.8. The Hall–Kier alpha value is -7.96. The van der Waals surface area contributed by atoms with Crippen LogP contribution in [0.1, 0.15) is 103 Å². The molecule has 0 aromatic heterocycles. The molecule has 444 valence electrons. The molecule has 24 nitrogen and oxygen atoms in total. The van der Waals surface area contributed by atoms with Crippen LogP contribution in [0, 0.1) is 11.8 Å². The molecule has 3 aromatic rings. The molecule has 81 heavy (non-hydrogen) atoms. The maximum Gasteiger partial charge on any atom is 0.326 e. The molecule has 0 fully saturated rings. The number of nitrogens with one attached hydrogen (secondary N) is 8. The summed E-state index contributed by atoms with van der Waals surface area (Å²) < 4.78 is 0. The molecule has 0 aliphatic carbocycles. The van der Waals surface area contributed by atoms with E-state index >= 15 is 0 Å². The van der Waals surface area contributed by atoms with Crippen molar-refractivity contribution < 1.29 is 68.4 Å². The summed E-state index contributed by atoms with van der Waals surface area (Å²) in [5, 5.41) is 60.2. The van der Waals surface area contributed by atoms with Crippen molar-refractivity contribution in [2.75, 3.05) is 13.2 Å². The van der Waals surface area contributed by atoms with Gasteiger partial charge in [-0.05, 0) is 85.7 Å². The highest BCUT2D eigenvalue weighted by atomic mass is 16.4. The van der Waals surface area contributed by atoms with Crippen molar-refractivity contribution in [1.82, 2.24) is 42.5 Å². The molecule has 0 saturated carbocycles. The van der Waals surface area contributed by atoms with Gasteiger partial charge in [-0.15, -0.1) is 0 Å². The summed E-state index contributed by atoms with van der Waals surface area (Å²) in [6.07, 6.45) is 0.178. The summed E-state index contributed by atoms with van der Waals surface area (Å²) in [6, 6.07) is 10.9. The Kier molecular flexibility index (Phi) is 29.0. The van der Waals surface area contributed by atoms with E-state index in [9.17, 15) is 68.4 Å². The average molecular weight is 1130 g/mol. The number of nitrogens with two attached hydrogens (primary N) is 2. The molecule has 16 N–H and O–H groups in total. The van der Waals surface area contributed by atoms with Gasteiger partial charge in [-0.1, -0.05) is 120 Å². The zero-order valence-electron chi connectivity index (χ0n) is 46.7. The first kappa shape index (κ1) is 67.3. The fourth-order valence-electron chi connectivity index (χ4n) is 8.50. The predicted molar refractivity (Wildman–Crippen MR) is 299 cm³/mol. The number of unbranched alkanes of at least 4 members (excludes halogenated alkanes) is 1. The second kappa shape index (κ2) is 34.9. The maximum absolute atomic E-state index is 14.5. The van der Waals surface area contributed by atoms with E-state index in [1.807, 2.05) is 0 Å². The summed E-state index contributed by atoms with van der Waals surface area (Å²) in [6.45, 7) is 7.63. The Morgan fingerprint density at radius 2 is 0.914 bits per heavy atom. The van der Waals surface area contributed by atoms with Crippen LogP contribution in [0.3, 0.4) is 0 Å². The number of aromatic hydroxyl groups is 1. The normalized spacial score (nSPS) is 14.8. The van der Waals surface area contributed by atoms with Crippen molar-refractivity contribution in [3.8, 4) is 5.75 Å². The van der Waals surface area contributed by atoms with Crippen LogP contribution in [-0.2, 0) is 67.2 Å². The molecular weight excluding hydrogens is 1050 g/mol. The van der Waals surface area contributed by atoms with Gasteiger partial charge in [-0.25, -0.2) is 4.79 Å². The van der Waals surface area contributed by atoms with E-state index in [0.29, 0.717) is 30.4 Å². The number of aliphatic hydroxyl groups excluding tert-OH is 1. The molecule has 3 rings (SSSR count). The second-order valence-corrected chi connectivity index (χ2v) is 20.4. The number of carbonyl (C=O) groups excluding carboxylic acids is 8. The summed E-state index contributed by atoms with van der Waals surface area (Å²) in [7, 11) is 0. The smallest absolute Gasteiger partial charge is 0.326 e. The van der Waals surface area contributed by atoms with Gasteiger partial charge in [0.25, 0.3) is 0 Å². The third-order valence-electron chi connectivity index (χ3n) is 13.5. The minimum atomic E-state index is -1.71. The molecule has 0 spiro atoms.